The van der Waals surface area contributed by atoms with Gasteiger partial charge in [-0.25, -0.2) is 8.42 Å². The van der Waals surface area contributed by atoms with Crippen molar-refractivity contribution < 1.29 is 14.2 Å². The maximum Gasteiger partial charge on any atom is 0.157 e. The average Bonchev–Trinajstić information content (AvgIpc) is 2.17. The molecule has 0 radical (unpaired) electrons. The summed E-state index contributed by atoms with van der Waals surface area (Å²) in [5.74, 6) is 0.507. The Hall–Kier alpha value is -0.170. The molecule has 0 aliphatic carbocycles. The number of hydrogen-bond acceptors (Lipinski definition) is 4. The fraction of sp³-hybridized carbons (Fsp3) is 1.00. The Labute approximate surface area is 92.1 Å². The predicted octanol–water partition coefficient (Wildman–Crippen LogP) is -2.11. The van der Waals surface area contributed by atoms with Crippen LogP contribution < -0.4 is 5.73 Å². The standard InChI is InChI=1S/C9H21N3O2S/c1-11-3-5-12(6-4-11)7-9-15(13,14)8-2-10/h2-10H2,1H3/p+1. The van der Waals surface area contributed by atoms with E-state index in [9.17, 15) is 8.42 Å². The van der Waals surface area contributed by atoms with Crippen LogP contribution in [0.15, 0.2) is 0 Å². The van der Waals surface area contributed by atoms with Crippen molar-refractivity contribution in [2.24, 2.45) is 0 Å². The normalized spacial score (nSPS) is 20.7. The van der Waals surface area contributed by atoms with E-state index in [1.165, 1.54) is 0 Å². The van der Waals surface area contributed by atoms with Gasteiger partial charge >= 0.3 is 0 Å². The smallest absolute Gasteiger partial charge is 0.157 e. The Morgan fingerprint density at radius 2 is 1.73 bits per heavy atom. The maximum atomic E-state index is 11.5. The summed E-state index contributed by atoms with van der Waals surface area (Å²) in [7, 11) is -0.768. The summed E-state index contributed by atoms with van der Waals surface area (Å²) >= 11 is 0. The second-order valence-corrected chi connectivity index (χ2v) is 6.45. The van der Waals surface area contributed by atoms with Gasteiger partial charge in [-0.2, -0.15) is 0 Å². The first-order chi connectivity index (χ1) is 7.03. The molecule has 15 heavy (non-hydrogen) atoms. The molecule has 0 saturated carbocycles. The summed E-state index contributed by atoms with van der Waals surface area (Å²) in [6.07, 6.45) is 0. The van der Waals surface area contributed by atoms with E-state index in [0.29, 0.717) is 13.1 Å². The van der Waals surface area contributed by atoms with Crippen molar-refractivity contribution in [2.75, 3.05) is 57.8 Å². The lowest BCUT2D eigenvalue weighted by Crippen LogP contribution is -2.53. The minimum Gasteiger partial charge on any atom is -0.357 e. The van der Waals surface area contributed by atoms with Gasteiger partial charge in [0.05, 0.1) is 18.1 Å². The summed E-state index contributed by atoms with van der Waals surface area (Å²) in [5.41, 5.74) is 3.58. The van der Waals surface area contributed by atoms with Crippen LogP contribution in [0, 0.1) is 0 Å². The Kier molecular flexibility index (Phi) is 4.98. The minimum absolute atomic E-state index is 0.223. The lowest BCUT2D eigenvalue weighted by Gasteiger charge is -2.32. The summed E-state index contributed by atoms with van der Waals surface area (Å²) in [5, 5.41) is 0. The third-order valence-electron chi connectivity index (χ3n) is 2.77. The summed E-state index contributed by atoms with van der Waals surface area (Å²) in [6.45, 7) is 5.19. The molecule has 0 aromatic carbocycles. The Balaban J connectivity index is 2.25. The highest BCUT2D eigenvalue weighted by atomic mass is 32.2. The molecule has 1 saturated heterocycles. The molecule has 0 aromatic rings. The molecule has 1 heterocycles. The number of sulfone groups is 1. The average molecular weight is 236 g/mol. The zero-order valence-electron chi connectivity index (χ0n) is 9.48. The van der Waals surface area contributed by atoms with Crippen LogP contribution in [0.4, 0.5) is 0 Å². The molecule has 1 rings (SSSR count). The summed E-state index contributed by atoms with van der Waals surface area (Å²) in [6, 6.07) is 0. The molecule has 0 aromatic heterocycles. The molecule has 1 aliphatic rings. The van der Waals surface area contributed by atoms with Gasteiger partial charge in [-0.3, -0.25) is 4.90 Å². The van der Waals surface area contributed by atoms with E-state index in [4.69, 9.17) is 0 Å². The van der Waals surface area contributed by atoms with Crippen molar-refractivity contribution >= 4 is 9.84 Å². The van der Waals surface area contributed by atoms with Crippen LogP contribution in [0.1, 0.15) is 0 Å². The summed E-state index contributed by atoms with van der Waals surface area (Å²) < 4.78 is 22.9. The lowest BCUT2D eigenvalue weighted by molar-refractivity contribution is -0.360. The zero-order valence-corrected chi connectivity index (χ0v) is 10.3. The molecule has 90 valence electrons. The van der Waals surface area contributed by atoms with Crippen molar-refractivity contribution in [1.82, 2.24) is 9.80 Å². The molecule has 0 unspecified atom stereocenters. The largest absolute Gasteiger partial charge is 0.357 e. The van der Waals surface area contributed by atoms with Crippen molar-refractivity contribution in [2.45, 2.75) is 0 Å². The van der Waals surface area contributed by atoms with E-state index < -0.39 is 9.84 Å². The van der Waals surface area contributed by atoms with Crippen molar-refractivity contribution in [3.05, 3.63) is 0 Å². The van der Waals surface area contributed by atoms with Crippen molar-refractivity contribution in [3.63, 3.8) is 0 Å². The molecule has 0 spiro atoms. The van der Waals surface area contributed by atoms with E-state index in [-0.39, 0.29) is 11.5 Å². The van der Waals surface area contributed by atoms with Crippen molar-refractivity contribution in [3.8, 4) is 0 Å². The van der Waals surface area contributed by atoms with Crippen LogP contribution in [0.2, 0.25) is 0 Å². The predicted molar refractivity (Wildman–Crippen MR) is 60.3 cm³/mol. The second-order valence-electron chi connectivity index (χ2n) is 4.15. The van der Waals surface area contributed by atoms with Gasteiger partial charge < -0.3 is 10.6 Å². The first-order valence-corrected chi connectivity index (χ1v) is 7.26. The SMILES string of the molecule is CN1CCN(CCS(=O)(=O)CC[NH3+])CC1. The fourth-order valence-corrected chi connectivity index (χ4v) is 2.84. The number of rotatable bonds is 5. The van der Waals surface area contributed by atoms with Crippen LogP contribution in [0.3, 0.4) is 0 Å². The quantitative estimate of drug-likeness (QED) is 0.593. The highest BCUT2D eigenvalue weighted by molar-refractivity contribution is 7.91. The van der Waals surface area contributed by atoms with Crippen LogP contribution in [-0.2, 0) is 9.84 Å². The number of hydrogen-bond donors (Lipinski definition) is 1. The van der Waals surface area contributed by atoms with Gasteiger partial charge in [0.2, 0.25) is 0 Å². The van der Waals surface area contributed by atoms with Gasteiger partial charge in [-0.05, 0) is 7.05 Å². The van der Waals surface area contributed by atoms with Crippen LogP contribution >= 0.6 is 0 Å². The third-order valence-corrected chi connectivity index (χ3v) is 4.49. The first kappa shape index (κ1) is 12.9. The van der Waals surface area contributed by atoms with E-state index in [1.54, 1.807) is 0 Å². The Bertz CT molecular complexity index is 271. The molecule has 0 bridgehead atoms. The van der Waals surface area contributed by atoms with E-state index in [2.05, 4.69) is 22.6 Å². The third kappa shape index (κ3) is 4.92. The van der Waals surface area contributed by atoms with E-state index >= 15 is 0 Å². The van der Waals surface area contributed by atoms with E-state index in [1.807, 2.05) is 0 Å². The Morgan fingerprint density at radius 3 is 2.27 bits per heavy atom. The fourth-order valence-electron chi connectivity index (χ4n) is 1.66. The van der Waals surface area contributed by atoms with Gasteiger partial charge in [-0.1, -0.05) is 0 Å². The molecule has 3 N–H and O–H groups in total. The second kappa shape index (κ2) is 5.79. The molecule has 1 fully saturated rings. The lowest BCUT2D eigenvalue weighted by atomic mass is 10.3. The monoisotopic (exact) mass is 236 g/mol. The molecule has 5 nitrogen and oxygen atoms in total. The Morgan fingerprint density at radius 1 is 1.13 bits per heavy atom. The highest BCUT2D eigenvalue weighted by Gasteiger charge is 2.17. The van der Waals surface area contributed by atoms with Gasteiger partial charge in [0.1, 0.15) is 0 Å². The topological polar surface area (TPSA) is 68.3 Å². The number of quaternary nitrogens is 1. The molecular formula is C9H22N3O2S+. The van der Waals surface area contributed by atoms with Gasteiger partial charge in [0, 0.05) is 32.7 Å². The molecule has 0 amide bonds. The molecule has 0 atom stereocenters. The van der Waals surface area contributed by atoms with Gasteiger partial charge in [-0.15, -0.1) is 0 Å². The molecule has 1 aliphatic heterocycles. The van der Waals surface area contributed by atoms with Crippen LogP contribution in [-0.4, -0.2) is 76.0 Å². The van der Waals surface area contributed by atoms with Crippen LogP contribution in [0.5, 0.6) is 0 Å². The molecular weight excluding hydrogens is 214 g/mol. The highest BCUT2D eigenvalue weighted by Crippen LogP contribution is 2.00. The number of likely N-dealkylation sites (N-methyl/N-ethyl adjacent to an activating group) is 1. The van der Waals surface area contributed by atoms with Crippen LogP contribution in [0.25, 0.3) is 0 Å². The number of nitrogens with zero attached hydrogens (tertiary/aromatic N) is 2. The van der Waals surface area contributed by atoms with Gasteiger partial charge in [0.15, 0.2) is 9.84 Å². The maximum absolute atomic E-state index is 11.5. The van der Waals surface area contributed by atoms with Crippen molar-refractivity contribution in [1.29, 1.82) is 0 Å². The first-order valence-electron chi connectivity index (χ1n) is 5.44. The minimum atomic E-state index is -2.86. The summed E-state index contributed by atoms with van der Waals surface area (Å²) in [4.78, 5) is 4.49. The molecule has 6 heteroatoms. The zero-order chi connectivity index (χ0) is 11.3. The number of piperazine rings is 1. The van der Waals surface area contributed by atoms with E-state index in [0.717, 1.165) is 26.2 Å². The van der Waals surface area contributed by atoms with Gasteiger partial charge in [0.25, 0.3) is 0 Å².